The average molecular weight is 397 g/mol. The fraction of sp³-hybridized carbons (Fsp3) is 0.444. The van der Waals surface area contributed by atoms with Gasteiger partial charge in [0.2, 0.25) is 0 Å². The van der Waals surface area contributed by atoms with Crippen LogP contribution in [-0.2, 0) is 0 Å². The molecule has 0 saturated carbocycles. The van der Waals surface area contributed by atoms with Gasteiger partial charge >= 0.3 is 0 Å². The van der Waals surface area contributed by atoms with Crippen LogP contribution >= 0.6 is 21.6 Å². The maximum atomic E-state index is 12.1. The molecule has 0 saturated heterocycles. The molecule has 0 aliphatic heterocycles. The Hall–Kier alpha value is -1.48. The van der Waals surface area contributed by atoms with E-state index in [0.29, 0.717) is 44.0 Å². The summed E-state index contributed by atoms with van der Waals surface area (Å²) in [6, 6.07) is 6.76. The van der Waals surface area contributed by atoms with Crippen LogP contribution in [0.15, 0.2) is 45.6 Å². The first-order valence-electron chi connectivity index (χ1n) is 8.51. The van der Waals surface area contributed by atoms with Crippen LogP contribution in [0.5, 0.6) is 0 Å². The third-order valence-electron chi connectivity index (χ3n) is 3.68. The van der Waals surface area contributed by atoms with Gasteiger partial charge in [-0.2, -0.15) is 0 Å². The van der Waals surface area contributed by atoms with Gasteiger partial charge in [-0.3, -0.25) is 9.59 Å². The van der Waals surface area contributed by atoms with Crippen molar-refractivity contribution in [1.29, 1.82) is 0 Å². The zero-order chi connectivity index (χ0) is 18.6. The van der Waals surface area contributed by atoms with E-state index in [-0.39, 0.29) is 11.6 Å². The first-order valence-corrected chi connectivity index (χ1v) is 11.0. The largest absolute Gasteiger partial charge is 0.461 e. The van der Waals surface area contributed by atoms with Gasteiger partial charge in [0.1, 0.15) is 0 Å². The van der Waals surface area contributed by atoms with E-state index in [0.717, 1.165) is 18.1 Å². The van der Waals surface area contributed by atoms with Crippen molar-refractivity contribution < 1.29 is 18.4 Å². The highest BCUT2D eigenvalue weighted by atomic mass is 33.1. The molecule has 0 spiro atoms. The number of nitrogens with two attached hydrogens (primary N) is 1. The summed E-state index contributed by atoms with van der Waals surface area (Å²) in [6.45, 7) is 2.65. The van der Waals surface area contributed by atoms with E-state index in [1.807, 2.05) is 0 Å². The summed E-state index contributed by atoms with van der Waals surface area (Å²) in [7, 11) is 3.50. The zero-order valence-corrected chi connectivity index (χ0v) is 16.2. The molecule has 0 amide bonds. The Morgan fingerprint density at radius 2 is 1.42 bits per heavy atom. The zero-order valence-electron chi connectivity index (χ0n) is 14.6. The minimum atomic E-state index is -0.0254. The lowest BCUT2D eigenvalue weighted by atomic mass is 10.2. The summed E-state index contributed by atoms with van der Waals surface area (Å²) < 4.78 is 10.3. The smallest absolute Gasteiger partial charge is 0.199 e. The first-order chi connectivity index (χ1) is 12.7. The van der Waals surface area contributed by atoms with Crippen LogP contribution in [0.1, 0.15) is 34.0 Å². The Morgan fingerprint density at radius 3 is 1.88 bits per heavy atom. The molecule has 142 valence electrons. The van der Waals surface area contributed by atoms with Crippen LogP contribution in [0.3, 0.4) is 0 Å². The summed E-state index contributed by atoms with van der Waals surface area (Å²) in [4.78, 5) is 26.4. The quantitative estimate of drug-likeness (QED) is 0.295. The van der Waals surface area contributed by atoms with Gasteiger partial charge in [0.25, 0.3) is 0 Å². The molecule has 2 rings (SSSR count). The summed E-state index contributed by atoms with van der Waals surface area (Å²) in [5, 5.41) is 0. The van der Waals surface area contributed by atoms with Crippen molar-refractivity contribution in [2.45, 2.75) is 12.8 Å². The van der Waals surface area contributed by atoms with E-state index < -0.39 is 0 Å². The molecule has 0 unspecified atom stereocenters. The summed E-state index contributed by atoms with van der Waals surface area (Å²) in [5.74, 6) is 2.53. The highest BCUT2D eigenvalue weighted by Crippen LogP contribution is 2.20. The summed E-state index contributed by atoms with van der Waals surface area (Å²) in [5.41, 5.74) is 5.49. The Morgan fingerprint density at radius 1 is 0.885 bits per heavy atom. The molecule has 0 aromatic carbocycles. The molecule has 0 bridgehead atoms. The lowest BCUT2D eigenvalue weighted by Gasteiger charge is -2.21. The monoisotopic (exact) mass is 396 g/mol. The lowest BCUT2D eigenvalue weighted by molar-refractivity contribution is 0.0921. The molecule has 2 N–H and O–H groups in total. The Labute approximate surface area is 161 Å². The predicted octanol–water partition coefficient (Wildman–Crippen LogP) is 3.36. The Kier molecular flexibility index (Phi) is 9.62. The van der Waals surface area contributed by atoms with Crippen molar-refractivity contribution in [2.24, 2.45) is 5.73 Å². The van der Waals surface area contributed by atoms with Gasteiger partial charge in [-0.05, 0) is 24.3 Å². The van der Waals surface area contributed by atoms with Crippen LogP contribution in [0.2, 0.25) is 0 Å². The SMILES string of the molecule is NCCSSCCN(CCC(=O)c1ccco1)CCC(=O)c1ccco1. The van der Waals surface area contributed by atoms with E-state index in [4.69, 9.17) is 14.6 Å². The molecular formula is C18H24N2O4S2. The molecule has 0 fully saturated rings. The number of hydrogen-bond donors (Lipinski definition) is 1. The van der Waals surface area contributed by atoms with Crippen LogP contribution in [0, 0.1) is 0 Å². The third-order valence-corrected chi connectivity index (χ3v) is 6.10. The van der Waals surface area contributed by atoms with E-state index in [2.05, 4.69) is 4.90 Å². The molecule has 2 aromatic heterocycles. The molecule has 26 heavy (non-hydrogen) atoms. The van der Waals surface area contributed by atoms with Crippen molar-refractivity contribution in [2.75, 3.05) is 37.7 Å². The van der Waals surface area contributed by atoms with E-state index in [1.165, 1.54) is 12.5 Å². The maximum absolute atomic E-state index is 12.1. The van der Waals surface area contributed by atoms with Crippen molar-refractivity contribution in [3.05, 3.63) is 48.3 Å². The second-order valence-corrected chi connectivity index (χ2v) is 8.28. The number of ketones is 2. The molecule has 2 aromatic rings. The number of hydrogen-bond acceptors (Lipinski definition) is 8. The molecule has 0 radical (unpaired) electrons. The summed E-state index contributed by atoms with van der Waals surface area (Å²) >= 11 is 0. The second kappa shape index (κ2) is 12.0. The van der Waals surface area contributed by atoms with Crippen LogP contribution in [-0.4, -0.2) is 54.2 Å². The number of nitrogens with zero attached hydrogens (tertiary/aromatic N) is 1. The lowest BCUT2D eigenvalue weighted by Crippen LogP contribution is -2.31. The summed E-state index contributed by atoms with van der Waals surface area (Å²) in [6.07, 6.45) is 3.73. The minimum Gasteiger partial charge on any atom is -0.461 e. The van der Waals surface area contributed by atoms with Gasteiger partial charge in [-0.1, -0.05) is 21.6 Å². The van der Waals surface area contributed by atoms with E-state index in [9.17, 15) is 9.59 Å². The third kappa shape index (κ3) is 7.41. The number of rotatable bonds is 14. The van der Waals surface area contributed by atoms with Crippen LogP contribution in [0.4, 0.5) is 0 Å². The Bertz CT molecular complexity index is 594. The average Bonchev–Trinajstić information content (AvgIpc) is 3.36. The van der Waals surface area contributed by atoms with Gasteiger partial charge in [-0.25, -0.2) is 0 Å². The molecule has 0 atom stereocenters. The van der Waals surface area contributed by atoms with E-state index >= 15 is 0 Å². The molecule has 0 aliphatic rings. The Balaban J connectivity index is 1.79. The van der Waals surface area contributed by atoms with Crippen molar-refractivity contribution in [1.82, 2.24) is 4.90 Å². The molecule has 8 heteroatoms. The second-order valence-electron chi connectivity index (χ2n) is 5.58. The highest BCUT2D eigenvalue weighted by Gasteiger charge is 2.15. The fourth-order valence-corrected chi connectivity index (χ4v) is 4.19. The number of carbonyl (C=O) groups excluding carboxylic acids is 2. The van der Waals surface area contributed by atoms with Crippen LogP contribution in [0.25, 0.3) is 0 Å². The van der Waals surface area contributed by atoms with Gasteiger partial charge < -0.3 is 19.5 Å². The highest BCUT2D eigenvalue weighted by molar-refractivity contribution is 8.76. The van der Waals surface area contributed by atoms with Crippen LogP contribution < -0.4 is 5.73 Å². The van der Waals surface area contributed by atoms with Gasteiger partial charge in [-0.15, -0.1) is 0 Å². The molecular weight excluding hydrogens is 372 g/mol. The van der Waals surface area contributed by atoms with E-state index in [1.54, 1.807) is 45.9 Å². The molecule has 0 aliphatic carbocycles. The predicted molar refractivity (Wildman–Crippen MR) is 106 cm³/mol. The molecule has 6 nitrogen and oxygen atoms in total. The number of carbonyl (C=O) groups is 2. The molecule has 2 heterocycles. The fourth-order valence-electron chi connectivity index (χ4n) is 2.31. The van der Waals surface area contributed by atoms with Crippen molar-refractivity contribution in [3.8, 4) is 0 Å². The maximum Gasteiger partial charge on any atom is 0.199 e. The number of furan rings is 2. The first kappa shape index (κ1) is 20.8. The van der Waals surface area contributed by atoms with Gasteiger partial charge in [0, 0.05) is 50.5 Å². The van der Waals surface area contributed by atoms with Gasteiger partial charge in [0.15, 0.2) is 23.1 Å². The topological polar surface area (TPSA) is 89.7 Å². The van der Waals surface area contributed by atoms with Gasteiger partial charge in [0.05, 0.1) is 12.5 Å². The number of Topliss-reactive ketones (excluding diaryl/α,β-unsaturated/α-hetero) is 2. The normalized spacial score (nSPS) is 11.2. The standard InChI is InChI=1S/C18H24N2O4S2/c19-7-13-25-26-14-10-20(8-5-15(21)17-3-1-11-23-17)9-6-16(22)18-4-2-12-24-18/h1-4,11-12H,5-10,13-14,19H2. The van der Waals surface area contributed by atoms with Crippen molar-refractivity contribution >= 4 is 33.2 Å². The van der Waals surface area contributed by atoms with Crippen molar-refractivity contribution in [3.63, 3.8) is 0 Å². The minimum absolute atomic E-state index is 0.0254.